The van der Waals surface area contributed by atoms with Gasteiger partial charge in [-0.1, -0.05) is 87.9 Å². The quantitative estimate of drug-likeness (QED) is 0.150. The fourth-order valence-corrected chi connectivity index (χ4v) is 5.88. The fraction of sp³-hybridized carbons (Fsp3) is 0.172. The van der Waals surface area contributed by atoms with E-state index in [2.05, 4.69) is 55.0 Å². The van der Waals surface area contributed by atoms with Gasteiger partial charge in [-0.3, -0.25) is 0 Å². The van der Waals surface area contributed by atoms with Gasteiger partial charge in [0.2, 0.25) is 0 Å². The first-order valence-corrected chi connectivity index (χ1v) is 15.0. The summed E-state index contributed by atoms with van der Waals surface area (Å²) in [6.45, 7) is -2.18. The Kier molecular flexibility index (Phi) is 7.93. The van der Waals surface area contributed by atoms with E-state index in [1.165, 1.54) is 0 Å². The Balaban J connectivity index is 1.60. The van der Waals surface area contributed by atoms with Gasteiger partial charge in [-0.2, -0.15) is 8.78 Å². The predicted molar refractivity (Wildman–Crippen MR) is 150 cm³/mol. The average Bonchev–Trinajstić information content (AvgIpc) is 3.35. The van der Waals surface area contributed by atoms with Crippen molar-refractivity contribution in [2.24, 2.45) is 0 Å². The van der Waals surface area contributed by atoms with Gasteiger partial charge in [-0.25, -0.2) is 13.8 Å². The molecule has 1 aromatic heterocycles. The molecule has 1 heterocycles. The largest absolute Gasteiger partial charge is 0.424 e. The van der Waals surface area contributed by atoms with Crippen molar-refractivity contribution in [2.45, 2.75) is 25.0 Å². The second-order valence-electron chi connectivity index (χ2n) is 9.24. The fourth-order valence-electron chi connectivity index (χ4n) is 4.78. The van der Waals surface area contributed by atoms with Crippen molar-refractivity contribution in [1.29, 1.82) is 0 Å². The minimum Gasteiger partial charge on any atom is -0.424 e. The number of hydrogen-bond donors (Lipinski definition) is 0. The van der Waals surface area contributed by atoms with E-state index in [0.29, 0.717) is 12.8 Å². The van der Waals surface area contributed by atoms with E-state index in [9.17, 15) is 13.3 Å². The minimum absolute atomic E-state index is 0.176. The van der Waals surface area contributed by atoms with Gasteiger partial charge in [0.05, 0.1) is 17.7 Å². The summed E-state index contributed by atoms with van der Waals surface area (Å²) in [5.74, 6) is 0.176. The Bertz CT molecular complexity index is 1600. The summed E-state index contributed by atoms with van der Waals surface area (Å²) < 4.78 is 49.8. The van der Waals surface area contributed by atoms with Crippen LogP contribution in [0, 0.1) is 0 Å². The highest BCUT2D eigenvalue weighted by molar-refractivity contribution is 9.10. The van der Waals surface area contributed by atoms with E-state index in [1.54, 1.807) is 12.1 Å². The van der Waals surface area contributed by atoms with Gasteiger partial charge in [0, 0.05) is 17.3 Å². The highest BCUT2D eigenvalue weighted by atomic mass is 79.9. The Morgan fingerprint density at radius 2 is 1.46 bits per heavy atom. The molecule has 0 saturated heterocycles. The lowest BCUT2D eigenvalue weighted by atomic mass is 9.78. The molecule has 0 bridgehead atoms. The Hall–Kier alpha value is -3.39. The van der Waals surface area contributed by atoms with Crippen LogP contribution in [0.5, 0.6) is 5.75 Å². The maximum Gasteiger partial charge on any atom is 0.380 e. The lowest BCUT2D eigenvalue weighted by Gasteiger charge is -2.36. The van der Waals surface area contributed by atoms with Gasteiger partial charge in [-0.15, -0.1) is 5.10 Å². The first kappa shape index (κ1) is 27.2. The number of nitrogens with zero attached hydrogens (tertiary/aromatic N) is 3. The van der Waals surface area contributed by atoms with Gasteiger partial charge in [-0.05, 0) is 53.1 Å². The number of aromatic nitrogens is 3. The molecular weight excluding hydrogens is 587 g/mol. The highest BCUT2D eigenvalue weighted by Gasteiger charge is 2.37. The second-order valence-corrected chi connectivity index (χ2v) is 12.1. The van der Waals surface area contributed by atoms with Gasteiger partial charge in [0.15, 0.2) is 0 Å². The van der Waals surface area contributed by atoms with E-state index in [1.807, 2.05) is 71.4 Å². The van der Waals surface area contributed by atoms with Crippen LogP contribution in [0.3, 0.4) is 0 Å². The van der Waals surface area contributed by atoms with Crippen LogP contribution in [0.2, 0.25) is 0 Å². The summed E-state index contributed by atoms with van der Waals surface area (Å²) in [6, 6.07) is 33.1. The third kappa shape index (κ3) is 6.27. The second kappa shape index (κ2) is 11.4. The van der Waals surface area contributed by atoms with Crippen LogP contribution in [0.25, 0.3) is 11.0 Å². The smallest absolute Gasteiger partial charge is 0.380 e. The van der Waals surface area contributed by atoms with Crippen molar-refractivity contribution in [3.8, 4) is 5.75 Å². The summed E-state index contributed by atoms with van der Waals surface area (Å²) >= 11 is 3.53. The van der Waals surface area contributed by atoms with Crippen molar-refractivity contribution in [3.63, 3.8) is 0 Å². The molecule has 0 aliphatic rings. The van der Waals surface area contributed by atoms with Crippen LogP contribution < -0.4 is 4.52 Å². The first-order chi connectivity index (χ1) is 18.7. The van der Waals surface area contributed by atoms with Gasteiger partial charge in [0.25, 0.3) is 0 Å². The monoisotopic (exact) mass is 611 g/mol. The molecule has 0 N–H and O–H groups in total. The molecule has 5 aromatic rings. The van der Waals surface area contributed by atoms with E-state index in [4.69, 9.17) is 4.52 Å². The molecule has 39 heavy (non-hydrogen) atoms. The zero-order valence-electron chi connectivity index (χ0n) is 21.0. The topological polar surface area (TPSA) is 66.2 Å². The molecule has 10 heteroatoms. The number of rotatable bonds is 10. The van der Waals surface area contributed by atoms with Crippen LogP contribution in [0.15, 0.2) is 108 Å². The number of halogens is 3. The van der Waals surface area contributed by atoms with E-state index >= 15 is 0 Å². The maximum absolute atomic E-state index is 12.6. The molecule has 2 unspecified atom stereocenters. The van der Waals surface area contributed by atoms with Crippen LogP contribution in [0.1, 0.15) is 16.7 Å². The number of alkyl halides is 2. The molecular formula is C29H25BrF2N3O3P. The lowest BCUT2D eigenvalue weighted by molar-refractivity contribution is -0.0539. The zero-order valence-corrected chi connectivity index (χ0v) is 23.4. The maximum atomic E-state index is 12.6. The van der Waals surface area contributed by atoms with E-state index < -0.39 is 19.7 Å². The van der Waals surface area contributed by atoms with Crippen molar-refractivity contribution in [3.05, 3.63) is 124 Å². The van der Waals surface area contributed by atoms with Crippen LogP contribution in [-0.4, -0.2) is 28.3 Å². The molecule has 2 atom stereocenters. The summed E-state index contributed by atoms with van der Waals surface area (Å²) in [7, 11) is -3.97. The first-order valence-electron chi connectivity index (χ1n) is 12.2. The molecule has 6 nitrogen and oxygen atoms in total. The van der Waals surface area contributed by atoms with Crippen molar-refractivity contribution < 1.29 is 22.4 Å². The molecule has 5 rings (SSSR count). The molecule has 4 aromatic carbocycles. The zero-order chi connectivity index (χ0) is 27.5. The third-order valence-corrected chi connectivity index (χ3v) is 8.05. The summed E-state index contributed by atoms with van der Waals surface area (Å²) in [6.07, 6.45) is 1.14. The Morgan fingerprint density at radius 3 is 2.10 bits per heavy atom. The summed E-state index contributed by atoms with van der Waals surface area (Å²) in [5, 5.41) is 9.12. The number of hydrogen-bond acceptors (Lipinski definition) is 5. The number of para-hydroxylation sites is 1. The molecule has 200 valence electrons. The van der Waals surface area contributed by atoms with Gasteiger partial charge < -0.3 is 4.52 Å². The molecule has 0 aliphatic carbocycles. The third-order valence-electron chi connectivity index (χ3n) is 6.44. The van der Waals surface area contributed by atoms with E-state index in [-0.39, 0.29) is 5.75 Å². The molecule has 0 amide bonds. The van der Waals surface area contributed by atoms with E-state index in [0.717, 1.165) is 38.9 Å². The lowest BCUT2D eigenvalue weighted by Crippen LogP contribution is -2.40. The molecule has 0 fully saturated rings. The van der Waals surface area contributed by atoms with Crippen molar-refractivity contribution in [1.82, 2.24) is 15.0 Å². The highest BCUT2D eigenvalue weighted by Crippen LogP contribution is 2.46. The number of benzene rings is 4. The van der Waals surface area contributed by atoms with Crippen LogP contribution in [-0.2, 0) is 27.5 Å². The predicted octanol–water partition coefficient (Wildman–Crippen LogP) is 7.86. The van der Waals surface area contributed by atoms with Crippen molar-refractivity contribution >= 4 is 34.6 Å². The van der Waals surface area contributed by atoms with Crippen LogP contribution in [0.4, 0.5) is 8.78 Å². The molecule has 0 aliphatic heterocycles. The summed E-state index contributed by atoms with van der Waals surface area (Å²) in [5.41, 5.74) is 4.10. The molecule has 0 saturated carbocycles. The summed E-state index contributed by atoms with van der Waals surface area (Å²) in [4.78, 5) is 0. The average molecular weight is 612 g/mol. The molecule has 0 radical (unpaired) electrons. The van der Waals surface area contributed by atoms with Gasteiger partial charge >= 0.3 is 14.2 Å². The minimum atomic E-state index is -3.97. The van der Waals surface area contributed by atoms with Gasteiger partial charge in [0.1, 0.15) is 11.3 Å². The normalized spacial score (nSPS) is 14.7. The Labute approximate surface area is 233 Å². The van der Waals surface area contributed by atoms with Crippen LogP contribution >= 0.6 is 23.5 Å². The number of fused-ring (bicyclic) bond motifs is 1. The van der Waals surface area contributed by atoms with Crippen molar-refractivity contribution in [2.75, 3.05) is 6.66 Å². The standard InChI is InChI=1S/C29H25BrF2N3O3P/c1-39(36,38-28(31)32)37-25-17-13-22(14-18-25)20-29(23-7-3-2-4-8-23,19-21-11-15-24(30)16-12-21)35-27-10-6-5-9-26(27)33-34-35/h2-18,28H,19-20H2,1H3. The molecule has 0 spiro atoms. The Morgan fingerprint density at radius 1 is 0.872 bits per heavy atom. The SMILES string of the molecule is CP(=O)(Oc1ccc(CC(Cc2ccc(Br)cc2)(c2ccccc2)n2nnc3ccccc32)cc1)OC(F)F.